The van der Waals surface area contributed by atoms with Gasteiger partial charge < -0.3 is 10.2 Å². The van der Waals surface area contributed by atoms with Crippen molar-refractivity contribution >= 4 is 99.6 Å². The van der Waals surface area contributed by atoms with E-state index in [1.54, 1.807) is 0 Å². The van der Waals surface area contributed by atoms with Crippen LogP contribution in [0.25, 0.3) is 0 Å². The molecule has 0 aliphatic rings. The lowest BCUT2D eigenvalue weighted by molar-refractivity contribution is -0.133. The number of aliphatic carboxylic acids is 2. The van der Waals surface area contributed by atoms with Crippen molar-refractivity contribution in [1.29, 1.82) is 0 Å². The Labute approximate surface area is 612 Å². The summed E-state index contributed by atoms with van der Waals surface area (Å²) in [5, 5.41) is 16.9. The van der Waals surface area contributed by atoms with E-state index < -0.39 is 11.9 Å². The largest absolute Gasteiger partial charge is 0.478 e. The topological polar surface area (TPSA) is 74.6 Å². The van der Waals surface area contributed by atoms with Crippen LogP contribution in [0.5, 0.6) is 0 Å². The molecule has 9 heteroatoms. The second-order valence-electron chi connectivity index (χ2n) is 14.7. The minimum atomic E-state index is -0.913. The fourth-order valence-corrected chi connectivity index (χ4v) is 4.01. The van der Waals surface area contributed by atoms with E-state index in [4.69, 9.17) is 10.2 Å². The minimum Gasteiger partial charge on any atom is -0.478 e. The first-order valence-corrected chi connectivity index (χ1v) is 21.3. The molecule has 562 valence electrons. The summed E-state index contributed by atoms with van der Waals surface area (Å²) in [6.07, 6.45) is 13.5. The van der Waals surface area contributed by atoms with Gasteiger partial charge in [-0.25, -0.2) is 9.59 Å². The van der Waals surface area contributed by atoms with Crippen molar-refractivity contribution in [1.82, 2.24) is 0 Å². The van der Waals surface area contributed by atoms with Crippen LogP contribution >= 0.6 is 87.7 Å². The monoisotopic (exact) mass is 1620 g/mol. The highest BCUT2D eigenvalue weighted by Gasteiger charge is 2.23. The maximum Gasteiger partial charge on any atom is 0.330 e. The number of carboxylic acid groups (broad SMARTS) is 2. The Morgan fingerprint density at radius 3 is 0.753 bits per heavy atom. The minimum absolute atomic E-state index is 0. The first-order chi connectivity index (χ1) is 24.0. The highest BCUT2D eigenvalue weighted by molar-refractivity contribution is 14.0. The van der Waals surface area contributed by atoms with Crippen LogP contribution in [0, 0.1) is 0 Å². The number of carbonyl (C=O) groups is 2. The Morgan fingerprint density at radius 2 is 0.576 bits per heavy atom. The second kappa shape index (κ2) is 160. The Balaban J connectivity index is -0.00000000886. The summed E-state index contributed by atoms with van der Waals surface area (Å²) in [6.45, 7) is 45.4. The van der Waals surface area contributed by atoms with Gasteiger partial charge in [0.15, 0.2) is 0 Å². The van der Waals surface area contributed by atoms with E-state index in [1.165, 1.54) is 43.5 Å². The van der Waals surface area contributed by atoms with Crippen molar-refractivity contribution in [2.75, 3.05) is 0 Å². The van der Waals surface area contributed by atoms with Gasteiger partial charge in [0.2, 0.25) is 0 Å². The summed E-state index contributed by atoms with van der Waals surface area (Å²) >= 11 is 14.1. The molecule has 4 nitrogen and oxygen atoms in total. The van der Waals surface area contributed by atoms with Crippen LogP contribution in [-0.2, 0) is 9.59 Å². The quantitative estimate of drug-likeness (QED) is 0.0621. The van der Waals surface area contributed by atoms with Crippen molar-refractivity contribution in [3.8, 4) is 0 Å². The van der Waals surface area contributed by atoms with E-state index in [0.717, 1.165) is 49.4 Å². The SMILES string of the molecule is C.C.C.C.C.C.C.C.C.C.C.C.C.C.C.C.C.C.C.C.C.C.C.C.C.C.C.C.C.C.C.C=C(C)CCC(Br)=C(C)C.C=C(C)CCC(Br)C(C)(C)Br.C=C(C)CCC=C(C)C.C=C(CCC(Br)=C(C)C)C(=O)O.C=C(CCC=C(C)C)C(=O)O.I. The molecule has 0 saturated carbocycles. The van der Waals surface area contributed by atoms with Crippen molar-refractivity contribution in [2.24, 2.45) is 0 Å². The number of rotatable bonds is 18. The lowest BCUT2D eigenvalue weighted by Gasteiger charge is -2.23. The van der Waals surface area contributed by atoms with E-state index >= 15 is 0 Å². The molecule has 0 aromatic heterocycles. The fraction of sp³-hybridized carbons (Fsp3) is 0.737. The molecule has 0 rings (SSSR count). The number of halogens is 5. The standard InChI is InChI=1S/C9H16Br2.C9H13BrO2.C9H15Br.C9H14O2.C9H16.31CH4.HI/c1-7(2)5-6-8(10)9(3,4)11;1-6(2)8(10)5-4-7(3)9(11)12;1-7(2)5-6-9(10)8(3)4;1-7(2)5-4-6-8(3)9(10)11;1-8(2)6-5-7-9(3)4;;;;;;;;;;;;;;;;;;;;;;;;;;;;;;;;/h8H,1,5-6H2,2-4H3;3-5H2,1-2H3,(H,11,12);1,5-6H2,2-4H3;5H,3-4,6H2,1-2H3,(H,10,11);7H,1,5-6H2,2-4H3;31*1H4;1H. The molecule has 2 N–H and O–H groups in total. The average molecular weight is 1620 g/mol. The van der Waals surface area contributed by atoms with Gasteiger partial charge in [0, 0.05) is 20.3 Å². The third-order valence-electron chi connectivity index (χ3n) is 6.80. The first-order valence-electron chi connectivity index (χ1n) is 18.0. The molecular weight excluding hydrogens is 1420 g/mol. The number of allylic oxidation sites excluding steroid dienone is 11. The van der Waals surface area contributed by atoms with Crippen LogP contribution in [0.1, 0.15) is 384 Å². The number of hydrogen-bond donors (Lipinski definition) is 2. The van der Waals surface area contributed by atoms with Gasteiger partial charge in [-0.1, -0.05) is 358 Å². The molecule has 0 bridgehead atoms. The zero-order valence-electron chi connectivity index (χ0n) is 36.0. The normalized spacial score (nSPS) is 6.36. The third kappa shape index (κ3) is 236. The molecule has 0 saturated heterocycles. The summed E-state index contributed by atoms with van der Waals surface area (Å²) in [4.78, 5) is 21.1. The van der Waals surface area contributed by atoms with Gasteiger partial charge in [0.1, 0.15) is 0 Å². The number of hydrogen-bond acceptors (Lipinski definition) is 2. The molecule has 0 aliphatic carbocycles. The molecule has 0 spiro atoms. The zero-order chi connectivity index (χ0) is 43.1. The highest BCUT2D eigenvalue weighted by Crippen LogP contribution is 2.30. The molecule has 0 aliphatic heterocycles. The molecule has 1 unspecified atom stereocenters. The summed E-state index contributed by atoms with van der Waals surface area (Å²) in [5.41, 5.74) is 9.46. The van der Waals surface area contributed by atoms with Crippen LogP contribution < -0.4 is 0 Å². The number of alkyl halides is 2. The zero-order valence-corrected chi connectivity index (χ0v) is 44.6. The molecule has 0 heterocycles. The average Bonchev–Trinajstić information content (AvgIpc) is 3.00. The third-order valence-corrected chi connectivity index (χ3v) is 11.9. The molecule has 1 atom stereocenters. The van der Waals surface area contributed by atoms with Gasteiger partial charge in [0.25, 0.3) is 0 Å². The van der Waals surface area contributed by atoms with Crippen molar-refractivity contribution in [3.63, 3.8) is 0 Å². The maximum absolute atomic E-state index is 10.4. The van der Waals surface area contributed by atoms with Crippen LogP contribution in [0.2, 0.25) is 0 Å². The maximum atomic E-state index is 10.4. The van der Waals surface area contributed by atoms with Crippen LogP contribution in [0.15, 0.2) is 104 Å². The van der Waals surface area contributed by atoms with Crippen molar-refractivity contribution in [3.05, 3.63) is 104 Å². The van der Waals surface area contributed by atoms with E-state index in [9.17, 15) is 9.59 Å². The number of carboxylic acids is 2. The van der Waals surface area contributed by atoms with Gasteiger partial charge in [-0.15, -0.1) is 43.7 Å². The smallest absolute Gasteiger partial charge is 0.330 e. The molecule has 0 amide bonds. The van der Waals surface area contributed by atoms with Crippen LogP contribution in [0.4, 0.5) is 0 Å². The molecular formula is C76H199Br4IO4. The first kappa shape index (κ1) is 262. The van der Waals surface area contributed by atoms with Crippen molar-refractivity contribution < 1.29 is 19.8 Å². The van der Waals surface area contributed by atoms with Crippen LogP contribution in [-0.4, -0.2) is 31.3 Å². The van der Waals surface area contributed by atoms with Crippen molar-refractivity contribution in [2.45, 2.75) is 394 Å². The lowest BCUT2D eigenvalue weighted by Crippen LogP contribution is -2.23. The summed E-state index contributed by atoms with van der Waals surface area (Å²) < 4.78 is 2.56. The van der Waals surface area contributed by atoms with Gasteiger partial charge in [0.05, 0.1) is 0 Å². The summed E-state index contributed by atoms with van der Waals surface area (Å²) in [7, 11) is 0. The molecule has 0 aromatic rings. The highest BCUT2D eigenvalue weighted by atomic mass is 127. The molecule has 0 aromatic carbocycles. The van der Waals surface area contributed by atoms with E-state index in [-0.39, 0.29) is 270 Å². The van der Waals surface area contributed by atoms with Gasteiger partial charge in [-0.2, -0.15) is 0 Å². The predicted molar refractivity (Wildman–Crippen MR) is 477 cm³/mol. The van der Waals surface area contributed by atoms with E-state index in [2.05, 4.69) is 165 Å². The summed E-state index contributed by atoms with van der Waals surface area (Å²) in [6, 6.07) is 0. The Kier molecular flexibility index (Phi) is 494. The van der Waals surface area contributed by atoms with E-state index in [1.807, 2.05) is 33.8 Å². The second-order valence-corrected chi connectivity index (χ2v) is 19.8. The predicted octanol–water partition coefficient (Wildman–Crippen LogP) is 37.4. The van der Waals surface area contributed by atoms with Gasteiger partial charge >= 0.3 is 11.9 Å². The molecule has 85 heavy (non-hydrogen) atoms. The van der Waals surface area contributed by atoms with Crippen LogP contribution in [0.3, 0.4) is 0 Å². The van der Waals surface area contributed by atoms with E-state index in [0.29, 0.717) is 24.1 Å². The Bertz CT molecular complexity index is 1290. The molecule has 0 radical (unpaired) electrons. The molecule has 0 fully saturated rings. The fourth-order valence-electron chi connectivity index (χ4n) is 3.16. The van der Waals surface area contributed by atoms with Gasteiger partial charge in [-0.05, 0) is 163 Å². The van der Waals surface area contributed by atoms with Gasteiger partial charge in [-0.3, -0.25) is 0 Å². The Morgan fingerprint density at radius 1 is 0.376 bits per heavy atom. The summed E-state index contributed by atoms with van der Waals surface area (Å²) in [5.74, 6) is -1.81. The Hall–Kier alpha value is -0.750. The lowest BCUT2D eigenvalue weighted by atomic mass is 10.0.